The van der Waals surface area contributed by atoms with Crippen LogP contribution in [0.1, 0.15) is 22.9 Å². The molecule has 1 atom stereocenters. The third-order valence-electron chi connectivity index (χ3n) is 3.71. The molecule has 2 aromatic heterocycles. The fraction of sp³-hybridized carbons (Fsp3) is 0.158. The highest BCUT2D eigenvalue weighted by Crippen LogP contribution is 2.22. The first-order valence-electron chi connectivity index (χ1n) is 7.62. The van der Waals surface area contributed by atoms with Gasteiger partial charge in [-0.2, -0.15) is 16.6 Å². The van der Waals surface area contributed by atoms with Gasteiger partial charge in [0, 0.05) is 13.1 Å². The van der Waals surface area contributed by atoms with Gasteiger partial charge >= 0.3 is 0 Å². The normalized spacial score (nSPS) is 11.7. The highest BCUT2D eigenvalue weighted by Gasteiger charge is 2.16. The molecule has 0 bridgehead atoms. The van der Waals surface area contributed by atoms with E-state index in [0.29, 0.717) is 24.6 Å². The van der Waals surface area contributed by atoms with E-state index in [0.717, 1.165) is 11.1 Å². The molecule has 24 heavy (non-hydrogen) atoms. The molecule has 3 rings (SSSR count). The molecule has 3 aromatic rings. The van der Waals surface area contributed by atoms with E-state index in [9.17, 15) is 5.11 Å². The number of nitriles is 1. The average molecular weight is 335 g/mol. The number of nitrogens with zero attached hydrogens (tertiary/aromatic N) is 3. The van der Waals surface area contributed by atoms with Crippen LogP contribution in [-0.2, 0) is 6.54 Å². The summed E-state index contributed by atoms with van der Waals surface area (Å²) in [5.74, 6) is 0.687. The second-order valence-electron chi connectivity index (χ2n) is 5.43. The third kappa shape index (κ3) is 3.99. The third-order valence-corrected chi connectivity index (χ3v) is 4.41. The van der Waals surface area contributed by atoms with Crippen molar-refractivity contribution in [1.29, 1.82) is 5.26 Å². The zero-order valence-corrected chi connectivity index (χ0v) is 13.9. The Morgan fingerprint density at radius 1 is 1.12 bits per heavy atom. The number of hydrogen-bond donors (Lipinski definition) is 1. The summed E-state index contributed by atoms with van der Waals surface area (Å²) in [4.78, 5) is 6.38. The second-order valence-corrected chi connectivity index (χ2v) is 6.21. The van der Waals surface area contributed by atoms with Gasteiger partial charge in [0.1, 0.15) is 17.6 Å². The number of rotatable bonds is 6. The summed E-state index contributed by atoms with van der Waals surface area (Å²) >= 11 is 1.56. The molecule has 0 aliphatic rings. The zero-order chi connectivity index (χ0) is 16.8. The predicted octanol–water partition coefficient (Wildman–Crippen LogP) is 3.75. The number of benzene rings is 1. The fourth-order valence-corrected chi connectivity index (χ4v) is 3.19. The van der Waals surface area contributed by atoms with Gasteiger partial charge in [-0.25, -0.2) is 4.98 Å². The molecule has 0 aliphatic heterocycles. The van der Waals surface area contributed by atoms with Crippen LogP contribution in [0.4, 0.5) is 5.82 Å². The Morgan fingerprint density at radius 3 is 2.67 bits per heavy atom. The first-order chi connectivity index (χ1) is 11.8. The van der Waals surface area contributed by atoms with Gasteiger partial charge in [0.05, 0.1) is 6.10 Å². The Hall–Kier alpha value is -2.68. The summed E-state index contributed by atoms with van der Waals surface area (Å²) in [6, 6.07) is 19.4. The van der Waals surface area contributed by atoms with Crippen molar-refractivity contribution in [1.82, 2.24) is 4.98 Å². The van der Waals surface area contributed by atoms with E-state index in [-0.39, 0.29) is 0 Å². The fourth-order valence-electron chi connectivity index (χ4n) is 2.48. The highest BCUT2D eigenvalue weighted by atomic mass is 32.1. The number of anilines is 1. The Kier molecular flexibility index (Phi) is 5.22. The van der Waals surface area contributed by atoms with Crippen molar-refractivity contribution < 1.29 is 5.11 Å². The first kappa shape index (κ1) is 16.2. The van der Waals surface area contributed by atoms with Gasteiger partial charge in [-0.05, 0) is 40.1 Å². The largest absolute Gasteiger partial charge is 0.387 e. The molecule has 120 valence electrons. The first-order valence-corrected chi connectivity index (χ1v) is 8.57. The maximum absolute atomic E-state index is 10.5. The van der Waals surface area contributed by atoms with E-state index >= 15 is 0 Å². The Bertz CT molecular complexity index is 812. The highest BCUT2D eigenvalue weighted by molar-refractivity contribution is 7.07. The number of pyridine rings is 1. The van der Waals surface area contributed by atoms with Crippen molar-refractivity contribution >= 4 is 17.2 Å². The van der Waals surface area contributed by atoms with Gasteiger partial charge in [-0.3, -0.25) is 0 Å². The van der Waals surface area contributed by atoms with Gasteiger partial charge in [-0.15, -0.1) is 0 Å². The van der Waals surface area contributed by atoms with E-state index in [1.54, 1.807) is 17.4 Å². The van der Waals surface area contributed by atoms with Crippen molar-refractivity contribution in [3.8, 4) is 6.07 Å². The average Bonchev–Trinajstić information content (AvgIpc) is 3.17. The lowest BCUT2D eigenvalue weighted by atomic mass is 10.1. The van der Waals surface area contributed by atoms with Crippen LogP contribution >= 0.6 is 11.3 Å². The molecule has 1 unspecified atom stereocenters. The minimum Gasteiger partial charge on any atom is -0.387 e. The molecule has 4 nitrogen and oxygen atoms in total. The summed E-state index contributed by atoms with van der Waals surface area (Å²) in [7, 11) is 0. The van der Waals surface area contributed by atoms with Crippen LogP contribution in [0.25, 0.3) is 0 Å². The topological polar surface area (TPSA) is 60.2 Å². The monoisotopic (exact) mass is 335 g/mol. The molecule has 0 saturated carbocycles. The van der Waals surface area contributed by atoms with Gasteiger partial charge in [0.15, 0.2) is 0 Å². The van der Waals surface area contributed by atoms with Crippen molar-refractivity contribution in [2.24, 2.45) is 0 Å². The molecule has 5 heteroatoms. The Morgan fingerprint density at radius 2 is 1.96 bits per heavy atom. The molecule has 0 aliphatic carbocycles. The molecule has 1 N–H and O–H groups in total. The Balaban J connectivity index is 1.86. The van der Waals surface area contributed by atoms with Crippen LogP contribution in [0.5, 0.6) is 0 Å². The molecule has 0 spiro atoms. The van der Waals surface area contributed by atoms with Crippen LogP contribution < -0.4 is 4.90 Å². The van der Waals surface area contributed by atoms with Gasteiger partial charge < -0.3 is 10.0 Å². The van der Waals surface area contributed by atoms with E-state index in [1.807, 2.05) is 64.2 Å². The van der Waals surface area contributed by atoms with E-state index in [4.69, 9.17) is 5.26 Å². The summed E-state index contributed by atoms with van der Waals surface area (Å²) in [6.45, 7) is 1.03. The number of aliphatic hydroxyl groups is 1. The number of aromatic nitrogens is 1. The van der Waals surface area contributed by atoms with Crippen LogP contribution in [0.15, 0.2) is 65.4 Å². The van der Waals surface area contributed by atoms with Crippen molar-refractivity contribution in [2.45, 2.75) is 12.6 Å². The minimum atomic E-state index is -0.604. The van der Waals surface area contributed by atoms with Crippen molar-refractivity contribution in [3.05, 3.63) is 82.2 Å². The van der Waals surface area contributed by atoms with Crippen LogP contribution in [0.3, 0.4) is 0 Å². The standard InChI is InChI=1S/C19H17N3OS/c20-11-17-7-4-8-19(21-17)22(12-15-5-2-1-3-6-15)13-18(23)16-9-10-24-14-16/h1-10,14,18,23H,12-13H2. The molecular formula is C19H17N3OS. The van der Waals surface area contributed by atoms with E-state index in [1.165, 1.54) is 0 Å². The number of thiophene rings is 1. The number of hydrogen-bond acceptors (Lipinski definition) is 5. The summed E-state index contributed by atoms with van der Waals surface area (Å²) in [6.07, 6.45) is -0.604. The Labute approximate surface area is 145 Å². The van der Waals surface area contributed by atoms with Gasteiger partial charge in [0.2, 0.25) is 0 Å². The molecular weight excluding hydrogens is 318 g/mol. The molecule has 0 amide bonds. The smallest absolute Gasteiger partial charge is 0.142 e. The minimum absolute atomic E-state index is 0.371. The molecule has 0 radical (unpaired) electrons. The van der Waals surface area contributed by atoms with E-state index in [2.05, 4.69) is 11.1 Å². The second kappa shape index (κ2) is 7.73. The van der Waals surface area contributed by atoms with Crippen molar-refractivity contribution in [2.75, 3.05) is 11.4 Å². The van der Waals surface area contributed by atoms with E-state index < -0.39 is 6.10 Å². The van der Waals surface area contributed by atoms with Crippen LogP contribution in [0.2, 0.25) is 0 Å². The molecule has 1 aromatic carbocycles. The SMILES string of the molecule is N#Cc1cccc(N(Cc2ccccc2)CC(O)c2ccsc2)n1. The number of aliphatic hydroxyl groups excluding tert-OH is 1. The zero-order valence-electron chi connectivity index (χ0n) is 13.0. The van der Waals surface area contributed by atoms with Crippen molar-refractivity contribution in [3.63, 3.8) is 0 Å². The lowest BCUT2D eigenvalue weighted by Crippen LogP contribution is -2.29. The van der Waals surface area contributed by atoms with Crippen LogP contribution in [0, 0.1) is 11.3 Å². The lowest BCUT2D eigenvalue weighted by molar-refractivity contribution is 0.183. The van der Waals surface area contributed by atoms with Gasteiger partial charge in [-0.1, -0.05) is 36.4 Å². The quantitative estimate of drug-likeness (QED) is 0.745. The lowest BCUT2D eigenvalue weighted by Gasteiger charge is -2.26. The van der Waals surface area contributed by atoms with Gasteiger partial charge in [0.25, 0.3) is 0 Å². The van der Waals surface area contributed by atoms with Crippen LogP contribution in [-0.4, -0.2) is 16.6 Å². The summed E-state index contributed by atoms with van der Waals surface area (Å²) < 4.78 is 0. The predicted molar refractivity (Wildman–Crippen MR) is 95.7 cm³/mol. The summed E-state index contributed by atoms with van der Waals surface area (Å²) in [5, 5.41) is 23.5. The maximum atomic E-state index is 10.5. The molecule has 0 fully saturated rings. The summed E-state index contributed by atoms with van der Waals surface area (Å²) in [5.41, 5.74) is 2.39. The molecule has 2 heterocycles. The molecule has 0 saturated heterocycles. The maximum Gasteiger partial charge on any atom is 0.142 e.